The minimum absolute atomic E-state index is 0.348. The molecule has 1 fully saturated rings. The van der Waals surface area contributed by atoms with Crippen LogP contribution in [0.2, 0.25) is 5.28 Å². The Hall–Kier alpha value is -0.520. The first-order valence-corrected chi connectivity index (χ1v) is 9.23. The second-order valence-corrected chi connectivity index (χ2v) is 5.69. The number of ether oxygens (including phenoxy) is 1. The molecule has 3 rings (SSSR count). The van der Waals surface area contributed by atoms with Crippen molar-refractivity contribution in [3.63, 3.8) is 0 Å². The molecule has 6 heteroatoms. The summed E-state index contributed by atoms with van der Waals surface area (Å²) in [4.78, 5) is 9.78. The lowest BCUT2D eigenvalue weighted by Gasteiger charge is -2.24. The van der Waals surface area contributed by atoms with Gasteiger partial charge in [-0.25, -0.2) is 4.98 Å². The van der Waals surface area contributed by atoms with Gasteiger partial charge >= 0.3 is 0 Å². The van der Waals surface area contributed by atoms with E-state index in [-0.39, 0.29) is 0 Å². The predicted octanol–water partition coefficient (Wildman–Crippen LogP) is 4.42. The molecule has 0 radical (unpaired) electrons. The third-order valence-electron chi connectivity index (χ3n) is 3.06. The summed E-state index contributed by atoms with van der Waals surface area (Å²) in [7, 11) is 0. The van der Waals surface area contributed by atoms with Crippen molar-refractivity contribution in [3.8, 4) is 0 Å². The van der Waals surface area contributed by atoms with Gasteiger partial charge < -0.3 is 10.1 Å². The smallest absolute Gasteiger partial charge is 0.224 e. The maximum absolute atomic E-state index is 5.95. The van der Waals surface area contributed by atoms with Crippen LogP contribution in [0.3, 0.4) is 0 Å². The fourth-order valence-corrected chi connectivity index (χ4v) is 3.41. The number of aryl methyl sites for hydroxylation is 1. The summed E-state index contributed by atoms with van der Waals surface area (Å²) in [5.74, 6) is 1.99. The number of rotatable bonds is 2. The summed E-state index contributed by atoms with van der Waals surface area (Å²) < 4.78 is 5.35. The Morgan fingerprint density at radius 3 is 2.48 bits per heavy atom. The number of thioether (sulfide) groups is 1. The Bertz CT molecular complexity index is 426. The zero-order valence-corrected chi connectivity index (χ0v) is 15.0. The average molecular weight is 332 g/mol. The molecular formula is C15H26ClN3OS. The number of nitrogens with zero attached hydrogens (tertiary/aromatic N) is 2. The van der Waals surface area contributed by atoms with Crippen molar-refractivity contribution < 1.29 is 4.74 Å². The second-order valence-electron chi connectivity index (χ2n) is 4.25. The van der Waals surface area contributed by atoms with Crippen LogP contribution in [0.15, 0.2) is 4.90 Å². The van der Waals surface area contributed by atoms with E-state index >= 15 is 0 Å². The van der Waals surface area contributed by atoms with Crippen LogP contribution in [-0.2, 0) is 11.2 Å². The first-order valence-electron chi connectivity index (χ1n) is 7.86. The molecule has 0 spiro atoms. The molecule has 1 aromatic heterocycles. The molecule has 120 valence electrons. The lowest BCUT2D eigenvalue weighted by molar-refractivity contribution is 0.0903. The van der Waals surface area contributed by atoms with Crippen LogP contribution in [0.1, 0.15) is 46.2 Å². The first-order chi connectivity index (χ1) is 10.3. The van der Waals surface area contributed by atoms with E-state index < -0.39 is 0 Å². The SMILES string of the molecule is CC.CC.Clc1nc2c(c(NC3CCOCC3)n1)SCC2. The molecule has 0 aliphatic carbocycles. The highest BCUT2D eigenvalue weighted by atomic mass is 35.5. The number of hydrogen-bond acceptors (Lipinski definition) is 5. The van der Waals surface area contributed by atoms with Crippen LogP contribution in [0.25, 0.3) is 0 Å². The van der Waals surface area contributed by atoms with Gasteiger partial charge in [0, 0.05) is 31.4 Å². The highest BCUT2D eigenvalue weighted by molar-refractivity contribution is 7.99. The molecule has 0 aromatic carbocycles. The normalized spacial score (nSPS) is 17.0. The molecule has 4 nitrogen and oxygen atoms in total. The summed E-state index contributed by atoms with van der Waals surface area (Å²) in [5.41, 5.74) is 1.09. The number of halogens is 1. The number of nitrogens with one attached hydrogen (secondary N) is 1. The topological polar surface area (TPSA) is 47.0 Å². The van der Waals surface area contributed by atoms with Gasteiger partial charge in [0.25, 0.3) is 0 Å². The van der Waals surface area contributed by atoms with E-state index in [0.29, 0.717) is 11.3 Å². The lowest BCUT2D eigenvalue weighted by atomic mass is 10.1. The van der Waals surface area contributed by atoms with Crippen molar-refractivity contribution in [2.75, 3.05) is 24.3 Å². The molecule has 21 heavy (non-hydrogen) atoms. The molecule has 1 N–H and O–H groups in total. The van der Waals surface area contributed by atoms with Crippen molar-refractivity contribution in [3.05, 3.63) is 11.0 Å². The molecule has 0 amide bonds. The van der Waals surface area contributed by atoms with Crippen LogP contribution in [0, 0.1) is 0 Å². The summed E-state index contributed by atoms with van der Waals surface area (Å²) in [6, 6.07) is 0.444. The Labute approximate surface area is 137 Å². The highest BCUT2D eigenvalue weighted by Gasteiger charge is 2.22. The van der Waals surface area contributed by atoms with Gasteiger partial charge in [-0.3, -0.25) is 0 Å². The zero-order chi connectivity index (χ0) is 15.7. The van der Waals surface area contributed by atoms with Crippen LogP contribution in [-0.4, -0.2) is 35.0 Å². The minimum Gasteiger partial charge on any atom is -0.381 e. The van der Waals surface area contributed by atoms with E-state index in [2.05, 4.69) is 15.3 Å². The Morgan fingerprint density at radius 2 is 1.81 bits per heavy atom. The van der Waals surface area contributed by atoms with Gasteiger partial charge in [0.15, 0.2) is 0 Å². The fraction of sp³-hybridized carbons (Fsp3) is 0.733. The van der Waals surface area contributed by atoms with Crippen molar-refractivity contribution in [1.29, 1.82) is 0 Å². The third-order valence-corrected chi connectivity index (χ3v) is 4.35. The van der Waals surface area contributed by atoms with Gasteiger partial charge in [0.1, 0.15) is 5.82 Å². The molecule has 0 saturated carbocycles. The first kappa shape index (κ1) is 18.5. The number of aromatic nitrogens is 2. The van der Waals surface area contributed by atoms with Gasteiger partial charge in [-0.05, 0) is 24.4 Å². The molecule has 2 aliphatic rings. The van der Waals surface area contributed by atoms with Crippen LogP contribution in [0.5, 0.6) is 0 Å². The third kappa shape index (κ3) is 5.31. The zero-order valence-electron chi connectivity index (χ0n) is 13.4. The van der Waals surface area contributed by atoms with E-state index in [0.717, 1.165) is 49.7 Å². The fourth-order valence-electron chi connectivity index (χ4n) is 2.17. The molecule has 0 bridgehead atoms. The quantitative estimate of drug-likeness (QED) is 0.813. The van der Waals surface area contributed by atoms with Crippen molar-refractivity contribution in [1.82, 2.24) is 9.97 Å². The molecule has 2 aliphatic heterocycles. The molecule has 0 unspecified atom stereocenters. The molecule has 0 atom stereocenters. The van der Waals surface area contributed by atoms with E-state index in [1.807, 2.05) is 39.5 Å². The number of hydrogen-bond donors (Lipinski definition) is 1. The lowest BCUT2D eigenvalue weighted by Crippen LogP contribution is -2.28. The van der Waals surface area contributed by atoms with E-state index in [4.69, 9.17) is 16.3 Å². The number of anilines is 1. The second kappa shape index (κ2) is 10.2. The van der Waals surface area contributed by atoms with Gasteiger partial charge in [-0.1, -0.05) is 27.7 Å². The summed E-state index contributed by atoms with van der Waals surface area (Å²) in [6.45, 7) is 9.65. The summed E-state index contributed by atoms with van der Waals surface area (Å²) in [5, 5.41) is 3.83. The molecular weight excluding hydrogens is 306 g/mol. The van der Waals surface area contributed by atoms with E-state index in [1.165, 1.54) is 4.90 Å². The maximum atomic E-state index is 5.95. The Balaban J connectivity index is 0.000000510. The molecule has 1 aromatic rings. The minimum atomic E-state index is 0.348. The van der Waals surface area contributed by atoms with E-state index in [9.17, 15) is 0 Å². The summed E-state index contributed by atoms with van der Waals surface area (Å²) >= 11 is 7.76. The number of fused-ring (bicyclic) bond motifs is 1. The monoisotopic (exact) mass is 331 g/mol. The molecule has 3 heterocycles. The largest absolute Gasteiger partial charge is 0.381 e. The highest BCUT2D eigenvalue weighted by Crippen LogP contribution is 2.36. The van der Waals surface area contributed by atoms with Crippen LogP contribution in [0.4, 0.5) is 5.82 Å². The van der Waals surface area contributed by atoms with Gasteiger partial charge in [0.2, 0.25) is 5.28 Å². The van der Waals surface area contributed by atoms with Gasteiger partial charge in [-0.15, -0.1) is 11.8 Å². The average Bonchev–Trinajstić information content (AvgIpc) is 3.01. The van der Waals surface area contributed by atoms with Gasteiger partial charge in [-0.2, -0.15) is 4.98 Å². The standard InChI is InChI=1S/C11H14ClN3OS.2C2H6/c12-11-14-8-3-6-17-9(8)10(15-11)13-7-1-4-16-5-2-7;2*1-2/h7H,1-6H2,(H,13,14,15);2*1-2H3. The van der Waals surface area contributed by atoms with Crippen molar-refractivity contribution in [2.24, 2.45) is 0 Å². The Morgan fingerprint density at radius 1 is 1.14 bits per heavy atom. The van der Waals surface area contributed by atoms with Crippen LogP contribution < -0.4 is 5.32 Å². The predicted molar refractivity (Wildman–Crippen MR) is 91.6 cm³/mol. The summed E-state index contributed by atoms with van der Waals surface area (Å²) in [6.07, 6.45) is 3.05. The van der Waals surface area contributed by atoms with Crippen molar-refractivity contribution in [2.45, 2.75) is 57.9 Å². The van der Waals surface area contributed by atoms with E-state index in [1.54, 1.807) is 0 Å². The van der Waals surface area contributed by atoms with Gasteiger partial charge in [0.05, 0.1) is 10.6 Å². The maximum Gasteiger partial charge on any atom is 0.224 e. The van der Waals surface area contributed by atoms with Crippen molar-refractivity contribution >= 4 is 29.2 Å². The van der Waals surface area contributed by atoms with Crippen LogP contribution >= 0.6 is 23.4 Å². The Kier molecular flexibility index (Phi) is 9.04. The molecule has 1 saturated heterocycles.